The first-order chi connectivity index (χ1) is 9.24. The summed E-state index contributed by atoms with van der Waals surface area (Å²) in [6.07, 6.45) is 9.14. The van der Waals surface area contributed by atoms with Crippen molar-refractivity contribution in [2.75, 3.05) is 26.7 Å². The molecule has 1 aliphatic rings. The minimum atomic E-state index is 0.499. The van der Waals surface area contributed by atoms with Crippen LogP contribution in [0.2, 0.25) is 0 Å². The quantitative estimate of drug-likeness (QED) is 0.828. The second-order valence-corrected chi connectivity index (χ2v) is 5.81. The highest BCUT2D eigenvalue weighted by Gasteiger charge is 2.30. The summed E-state index contributed by atoms with van der Waals surface area (Å²) in [6.45, 7) is 5.66. The first-order valence-corrected chi connectivity index (χ1v) is 7.61. The van der Waals surface area contributed by atoms with Crippen LogP contribution in [0.5, 0.6) is 0 Å². The van der Waals surface area contributed by atoms with E-state index in [0.29, 0.717) is 12.0 Å². The molecule has 4 heteroatoms. The Labute approximate surface area is 117 Å². The zero-order valence-electron chi connectivity index (χ0n) is 12.6. The van der Waals surface area contributed by atoms with Crippen LogP contribution in [0.4, 0.5) is 0 Å². The molecule has 4 nitrogen and oxygen atoms in total. The number of rotatable bonds is 5. The Balaban J connectivity index is 2.13. The molecular weight excluding hydrogens is 236 g/mol. The standard InChI is InChI=1S/C15H28N4/c1-4-8-16-10-13-7-5-6-9-18(2)15(13)14-11-17-12-19(14)3/h11-13,15-16H,4-10H2,1-3H3. The third kappa shape index (κ3) is 3.57. The van der Waals surface area contributed by atoms with Crippen LogP contribution in [-0.2, 0) is 7.05 Å². The first-order valence-electron chi connectivity index (χ1n) is 7.61. The summed E-state index contributed by atoms with van der Waals surface area (Å²) in [4.78, 5) is 6.82. The van der Waals surface area contributed by atoms with Gasteiger partial charge in [0.25, 0.3) is 0 Å². The van der Waals surface area contributed by atoms with E-state index in [2.05, 4.69) is 40.8 Å². The average Bonchev–Trinajstić information content (AvgIpc) is 2.72. The molecule has 2 heterocycles. The fourth-order valence-electron chi connectivity index (χ4n) is 3.22. The minimum absolute atomic E-state index is 0.499. The van der Waals surface area contributed by atoms with Crippen LogP contribution in [0.15, 0.2) is 12.5 Å². The molecule has 0 spiro atoms. The molecule has 1 saturated heterocycles. The Morgan fingerprint density at radius 3 is 2.89 bits per heavy atom. The summed E-state index contributed by atoms with van der Waals surface area (Å²) in [5, 5.41) is 3.61. The fourth-order valence-corrected chi connectivity index (χ4v) is 3.22. The van der Waals surface area contributed by atoms with E-state index in [4.69, 9.17) is 0 Å². The van der Waals surface area contributed by atoms with Gasteiger partial charge in [0, 0.05) is 13.2 Å². The van der Waals surface area contributed by atoms with Crippen LogP contribution in [0, 0.1) is 5.92 Å². The predicted octanol–water partition coefficient (Wildman–Crippen LogP) is 2.19. The van der Waals surface area contributed by atoms with Crippen molar-refractivity contribution in [3.63, 3.8) is 0 Å². The molecule has 1 fully saturated rings. The van der Waals surface area contributed by atoms with Gasteiger partial charge < -0.3 is 9.88 Å². The largest absolute Gasteiger partial charge is 0.336 e. The van der Waals surface area contributed by atoms with E-state index in [-0.39, 0.29) is 0 Å². The zero-order chi connectivity index (χ0) is 13.7. The van der Waals surface area contributed by atoms with Crippen molar-refractivity contribution in [1.29, 1.82) is 0 Å². The Morgan fingerprint density at radius 2 is 2.21 bits per heavy atom. The lowest BCUT2D eigenvalue weighted by molar-refractivity contribution is 0.181. The van der Waals surface area contributed by atoms with Gasteiger partial charge in [-0.25, -0.2) is 4.98 Å². The Kier molecular flexibility index (Phi) is 5.40. The summed E-state index contributed by atoms with van der Waals surface area (Å²) < 4.78 is 2.18. The molecule has 0 aromatic carbocycles. The third-order valence-electron chi connectivity index (χ3n) is 4.25. The zero-order valence-corrected chi connectivity index (χ0v) is 12.6. The van der Waals surface area contributed by atoms with Crippen LogP contribution >= 0.6 is 0 Å². The van der Waals surface area contributed by atoms with E-state index in [1.807, 2.05) is 12.5 Å². The van der Waals surface area contributed by atoms with Crippen molar-refractivity contribution in [2.24, 2.45) is 13.0 Å². The van der Waals surface area contributed by atoms with Gasteiger partial charge in [-0.2, -0.15) is 0 Å². The summed E-state index contributed by atoms with van der Waals surface area (Å²) in [5.74, 6) is 0.689. The summed E-state index contributed by atoms with van der Waals surface area (Å²) in [7, 11) is 4.37. The van der Waals surface area contributed by atoms with Crippen LogP contribution in [0.3, 0.4) is 0 Å². The Morgan fingerprint density at radius 1 is 1.37 bits per heavy atom. The highest BCUT2D eigenvalue weighted by Crippen LogP contribution is 2.33. The van der Waals surface area contributed by atoms with Gasteiger partial charge in [0.05, 0.1) is 18.1 Å². The number of hydrogen-bond donors (Lipinski definition) is 1. The molecule has 0 amide bonds. The van der Waals surface area contributed by atoms with Crippen molar-refractivity contribution in [2.45, 2.75) is 38.6 Å². The van der Waals surface area contributed by atoms with Crippen LogP contribution in [-0.4, -0.2) is 41.1 Å². The Hall–Kier alpha value is -0.870. The molecule has 19 heavy (non-hydrogen) atoms. The fraction of sp³-hybridized carbons (Fsp3) is 0.800. The first kappa shape index (κ1) is 14.5. The van der Waals surface area contributed by atoms with Gasteiger partial charge in [-0.05, 0) is 51.9 Å². The SMILES string of the molecule is CCCNCC1CCCCN(C)C1c1cncn1C. The number of nitrogens with one attached hydrogen (secondary N) is 1. The van der Waals surface area contributed by atoms with Crippen molar-refractivity contribution in [3.8, 4) is 0 Å². The van der Waals surface area contributed by atoms with Gasteiger partial charge in [-0.1, -0.05) is 13.3 Å². The molecule has 1 aromatic heterocycles. The minimum Gasteiger partial charge on any atom is -0.336 e. The average molecular weight is 264 g/mol. The van der Waals surface area contributed by atoms with Gasteiger partial charge in [0.15, 0.2) is 0 Å². The number of nitrogens with zero attached hydrogens (tertiary/aromatic N) is 3. The molecule has 1 aromatic rings. The second-order valence-electron chi connectivity index (χ2n) is 5.81. The summed E-state index contributed by atoms with van der Waals surface area (Å²) in [6, 6.07) is 0.499. The Bertz CT molecular complexity index is 374. The topological polar surface area (TPSA) is 33.1 Å². The van der Waals surface area contributed by atoms with E-state index >= 15 is 0 Å². The number of aromatic nitrogens is 2. The molecule has 2 rings (SSSR count). The van der Waals surface area contributed by atoms with Gasteiger partial charge in [0.1, 0.15) is 0 Å². The normalized spacial score (nSPS) is 25.4. The lowest BCUT2D eigenvalue weighted by Gasteiger charge is -2.32. The van der Waals surface area contributed by atoms with E-state index < -0.39 is 0 Å². The van der Waals surface area contributed by atoms with Gasteiger partial charge in [-0.3, -0.25) is 4.90 Å². The van der Waals surface area contributed by atoms with Crippen molar-refractivity contribution < 1.29 is 0 Å². The smallest absolute Gasteiger partial charge is 0.0946 e. The molecule has 0 saturated carbocycles. The lowest BCUT2D eigenvalue weighted by atomic mass is 9.92. The van der Waals surface area contributed by atoms with Gasteiger partial charge >= 0.3 is 0 Å². The number of hydrogen-bond acceptors (Lipinski definition) is 3. The van der Waals surface area contributed by atoms with Crippen LogP contribution < -0.4 is 5.32 Å². The predicted molar refractivity (Wildman–Crippen MR) is 79.1 cm³/mol. The maximum absolute atomic E-state index is 4.31. The number of imidazole rings is 1. The highest BCUT2D eigenvalue weighted by molar-refractivity contribution is 5.08. The maximum Gasteiger partial charge on any atom is 0.0946 e. The second kappa shape index (κ2) is 7.06. The molecule has 2 atom stereocenters. The molecule has 1 aliphatic heterocycles. The van der Waals surface area contributed by atoms with Crippen molar-refractivity contribution in [1.82, 2.24) is 19.8 Å². The number of likely N-dealkylation sites (tertiary alicyclic amines) is 1. The molecule has 0 bridgehead atoms. The molecule has 1 N–H and O–H groups in total. The van der Waals surface area contributed by atoms with Gasteiger partial charge in [0.2, 0.25) is 0 Å². The molecule has 2 unspecified atom stereocenters. The molecule has 0 radical (unpaired) electrons. The van der Waals surface area contributed by atoms with E-state index in [9.17, 15) is 0 Å². The van der Waals surface area contributed by atoms with Gasteiger partial charge in [-0.15, -0.1) is 0 Å². The maximum atomic E-state index is 4.31. The van der Waals surface area contributed by atoms with E-state index in [0.717, 1.165) is 13.1 Å². The van der Waals surface area contributed by atoms with Crippen molar-refractivity contribution in [3.05, 3.63) is 18.2 Å². The van der Waals surface area contributed by atoms with Crippen LogP contribution in [0.1, 0.15) is 44.3 Å². The third-order valence-corrected chi connectivity index (χ3v) is 4.25. The monoisotopic (exact) mass is 264 g/mol. The van der Waals surface area contributed by atoms with Crippen LogP contribution in [0.25, 0.3) is 0 Å². The molecule has 0 aliphatic carbocycles. The molecular formula is C15H28N4. The van der Waals surface area contributed by atoms with Crippen molar-refractivity contribution >= 4 is 0 Å². The van der Waals surface area contributed by atoms with E-state index in [1.54, 1.807) is 0 Å². The number of aryl methyl sites for hydroxylation is 1. The van der Waals surface area contributed by atoms with E-state index in [1.165, 1.54) is 37.9 Å². The summed E-state index contributed by atoms with van der Waals surface area (Å²) in [5.41, 5.74) is 1.35. The summed E-state index contributed by atoms with van der Waals surface area (Å²) >= 11 is 0. The lowest BCUT2D eigenvalue weighted by Crippen LogP contribution is -2.36. The molecule has 108 valence electrons. The highest BCUT2D eigenvalue weighted by atomic mass is 15.2.